The van der Waals surface area contributed by atoms with Gasteiger partial charge in [-0.15, -0.1) is 0 Å². The molecule has 1 saturated carbocycles. The van der Waals surface area contributed by atoms with E-state index in [1.54, 1.807) is 12.4 Å². The fourth-order valence-corrected chi connectivity index (χ4v) is 4.77. The van der Waals surface area contributed by atoms with Gasteiger partial charge in [-0.2, -0.15) is 10.4 Å². The molecule has 4 rings (SSSR count). The SMILES string of the molecule is C[Si](C)(C)CCOCn1ccc2c(-c3cnn(C4CCC(=CC#N)CC4)c3)ncnc21. The van der Waals surface area contributed by atoms with Gasteiger partial charge < -0.3 is 9.30 Å². The number of rotatable bonds is 7. The predicted molar refractivity (Wildman–Crippen MR) is 124 cm³/mol. The number of hydrogen-bond donors (Lipinski definition) is 0. The van der Waals surface area contributed by atoms with Crippen molar-refractivity contribution >= 4 is 19.1 Å². The monoisotopic (exact) mass is 434 g/mol. The Kier molecular flexibility index (Phi) is 6.34. The van der Waals surface area contributed by atoms with Crippen LogP contribution in [-0.4, -0.2) is 39.0 Å². The molecule has 1 fully saturated rings. The van der Waals surface area contributed by atoms with Crippen LogP contribution in [0.3, 0.4) is 0 Å². The Balaban J connectivity index is 1.48. The van der Waals surface area contributed by atoms with Crippen molar-refractivity contribution in [2.24, 2.45) is 0 Å². The number of allylic oxidation sites excluding steroid dienone is 2. The van der Waals surface area contributed by atoms with Crippen molar-refractivity contribution in [1.82, 2.24) is 24.3 Å². The van der Waals surface area contributed by atoms with Crippen molar-refractivity contribution < 1.29 is 4.74 Å². The average Bonchev–Trinajstić information content (AvgIpc) is 3.39. The number of nitriles is 1. The first-order valence-corrected chi connectivity index (χ1v) is 14.6. The molecule has 0 N–H and O–H groups in total. The molecule has 0 unspecified atom stereocenters. The highest BCUT2D eigenvalue weighted by atomic mass is 28.3. The van der Waals surface area contributed by atoms with Crippen LogP contribution in [0.2, 0.25) is 25.7 Å². The molecular formula is C23H30N6OSi. The zero-order valence-electron chi connectivity index (χ0n) is 18.6. The molecule has 1 aliphatic carbocycles. The summed E-state index contributed by atoms with van der Waals surface area (Å²) in [6.07, 6.45) is 13.3. The molecule has 0 amide bonds. The molecule has 1 aliphatic rings. The Hall–Kier alpha value is -2.76. The first kappa shape index (κ1) is 21.5. The minimum absolute atomic E-state index is 0.367. The number of hydrogen-bond acceptors (Lipinski definition) is 5. The normalized spacial score (nSPS) is 17.1. The summed E-state index contributed by atoms with van der Waals surface area (Å²) < 4.78 is 10.0. The first-order chi connectivity index (χ1) is 14.9. The molecule has 8 heteroatoms. The van der Waals surface area contributed by atoms with Crippen LogP contribution >= 0.6 is 0 Å². The molecule has 0 aromatic carbocycles. The van der Waals surface area contributed by atoms with E-state index in [4.69, 9.17) is 10.00 Å². The maximum absolute atomic E-state index is 8.85. The Morgan fingerprint density at radius 1 is 1.26 bits per heavy atom. The van der Waals surface area contributed by atoms with Crippen LogP contribution in [-0.2, 0) is 11.5 Å². The number of nitrogens with zero attached hydrogens (tertiary/aromatic N) is 6. The third-order valence-electron chi connectivity index (χ3n) is 5.90. The average molecular weight is 435 g/mol. The summed E-state index contributed by atoms with van der Waals surface area (Å²) in [5.74, 6) is 0. The number of fused-ring (bicyclic) bond motifs is 1. The molecular weight excluding hydrogens is 404 g/mol. The molecule has 0 aliphatic heterocycles. The molecule has 3 aromatic rings. The molecule has 0 radical (unpaired) electrons. The molecule has 7 nitrogen and oxygen atoms in total. The Morgan fingerprint density at radius 2 is 2.06 bits per heavy atom. The molecule has 0 bridgehead atoms. The largest absolute Gasteiger partial charge is 0.361 e. The fraction of sp³-hybridized carbons (Fsp3) is 0.478. The quantitative estimate of drug-likeness (QED) is 0.291. The van der Waals surface area contributed by atoms with Crippen LogP contribution in [0.5, 0.6) is 0 Å². The summed E-state index contributed by atoms with van der Waals surface area (Å²) in [6, 6.07) is 5.73. The van der Waals surface area contributed by atoms with Crippen LogP contribution in [0, 0.1) is 11.3 Å². The summed E-state index contributed by atoms with van der Waals surface area (Å²) in [5.41, 5.74) is 4.04. The van der Waals surface area contributed by atoms with Gasteiger partial charge in [-0.25, -0.2) is 9.97 Å². The molecule has 162 valence electrons. The van der Waals surface area contributed by atoms with Gasteiger partial charge in [-0.1, -0.05) is 25.2 Å². The summed E-state index contributed by atoms with van der Waals surface area (Å²) in [7, 11) is -1.09. The van der Waals surface area contributed by atoms with E-state index in [0.717, 1.165) is 60.6 Å². The van der Waals surface area contributed by atoms with Crippen molar-refractivity contribution in [3.63, 3.8) is 0 Å². The lowest BCUT2D eigenvalue weighted by atomic mass is 9.91. The van der Waals surface area contributed by atoms with Gasteiger partial charge >= 0.3 is 0 Å². The van der Waals surface area contributed by atoms with E-state index in [0.29, 0.717) is 12.8 Å². The maximum atomic E-state index is 8.85. The zero-order valence-corrected chi connectivity index (χ0v) is 19.6. The summed E-state index contributed by atoms with van der Waals surface area (Å²) >= 11 is 0. The van der Waals surface area contributed by atoms with E-state index in [-0.39, 0.29) is 0 Å². The highest BCUT2D eigenvalue weighted by Gasteiger charge is 2.20. The smallest absolute Gasteiger partial charge is 0.145 e. The van der Waals surface area contributed by atoms with E-state index in [2.05, 4.69) is 57.7 Å². The topological polar surface area (TPSA) is 81.5 Å². The first-order valence-electron chi connectivity index (χ1n) is 10.9. The lowest BCUT2D eigenvalue weighted by molar-refractivity contribution is 0.0899. The van der Waals surface area contributed by atoms with Crippen molar-refractivity contribution in [3.05, 3.63) is 42.6 Å². The van der Waals surface area contributed by atoms with Gasteiger partial charge in [0.25, 0.3) is 0 Å². The highest BCUT2D eigenvalue weighted by Crippen LogP contribution is 2.33. The molecule has 3 heterocycles. The third kappa shape index (κ3) is 5.11. The zero-order chi connectivity index (χ0) is 21.8. The van der Waals surface area contributed by atoms with Crippen molar-refractivity contribution in [2.75, 3.05) is 6.61 Å². The summed E-state index contributed by atoms with van der Waals surface area (Å²) in [6.45, 7) is 8.36. The molecule has 3 aromatic heterocycles. The van der Waals surface area contributed by atoms with E-state index in [1.165, 1.54) is 5.57 Å². The van der Waals surface area contributed by atoms with E-state index < -0.39 is 8.07 Å². The second-order valence-electron chi connectivity index (χ2n) is 9.46. The lowest BCUT2D eigenvalue weighted by Crippen LogP contribution is -2.22. The Bertz CT molecular complexity index is 1110. The highest BCUT2D eigenvalue weighted by molar-refractivity contribution is 6.76. The van der Waals surface area contributed by atoms with Crippen LogP contribution in [0.15, 0.2) is 42.6 Å². The van der Waals surface area contributed by atoms with Crippen LogP contribution in [0.25, 0.3) is 22.3 Å². The van der Waals surface area contributed by atoms with Gasteiger partial charge in [-0.05, 0) is 37.8 Å². The van der Waals surface area contributed by atoms with Gasteiger partial charge in [0.05, 0.1) is 24.0 Å². The summed E-state index contributed by atoms with van der Waals surface area (Å²) in [5, 5.41) is 14.5. The molecule has 0 spiro atoms. The van der Waals surface area contributed by atoms with E-state index in [1.807, 2.05) is 17.0 Å². The lowest BCUT2D eigenvalue weighted by Gasteiger charge is -2.23. The minimum atomic E-state index is -1.09. The van der Waals surface area contributed by atoms with E-state index in [9.17, 15) is 0 Å². The second kappa shape index (κ2) is 9.16. The fourth-order valence-electron chi connectivity index (χ4n) is 4.01. The van der Waals surface area contributed by atoms with Crippen molar-refractivity contribution in [3.8, 4) is 17.3 Å². The van der Waals surface area contributed by atoms with E-state index >= 15 is 0 Å². The van der Waals surface area contributed by atoms with Crippen LogP contribution in [0.1, 0.15) is 31.7 Å². The molecule has 0 atom stereocenters. The summed E-state index contributed by atoms with van der Waals surface area (Å²) in [4.78, 5) is 9.05. The van der Waals surface area contributed by atoms with Gasteiger partial charge in [0.2, 0.25) is 0 Å². The third-order valence-corrected chi connectivity index (χ3v) is 7.60. The molecule has 0 saturated heterocycles. The van der Waals surface area contributed by atoms with Gasteiger partial charge in [-0.3, -0.25) is 4.68 Å². The maximum Gasteiger partial charge on any atom is 0.145 e. The van der Waals surface area contributed by atoms with Gasteiger partial charge in [0.1, 0.15) is 18.7 Å². The van der Waals surface area contributed by atoms with Gasteiger partial charge in [0, 0.05) is 44.1 Å². The standard InChI is InChI=1S/C23H30N6OSi/c1-31(2,3)13-12-30-17-28-11-9-21-22(25-16-26-23(21)28)19-14-27-29(15-19)20-6-4-18(5-7-20)8-10-24/h8-9,11,14-16,20H,4-7,12-13,17H2,1-3H3. The molecule has 31 heavy (non-hydrogen) atoms. The second-order valence-corrected chi connectivity index (χ2v) is 15.1. The Labute approximate surface area is 184 Å². The van der Waals surface area contributed by atoms with Crippen LogP contribution < -0.4 is 0 Å². The minimum Gasteiger partial charge on any atom is -0.361 e. The number of ether oxygens (including phenoxy) is 1. The Morgan fingerprint density at radius 3 is 2.81 bits per heavy atom. The predicted octanol–water partition coefficient (Wildman–Crippen LogP) is 5.17. The van der Waals surface area contributed by atoms with Crippen molar-refractivity contribution in [2.45, 2.75) is 64.1 Å². The van der Waals surface area contributed by atoms with Crippen molar-refractivity contribution in [1.29, 1.82) is 5.26 Å². The van der Waals surface area contributed by atoms with Gasteiger partial charge in [0.15, 0.2) is 0 Å². The number of aromatic nitrogens is 5. The van der Waals surface area contributed by atoms with Crippen LogP contribution in [0.4, 0.5) is 0 Å².